The number of nitrogens with zero attached hydrogens (tertiary/aromatic N) is 1. The van der Waals surface area contributed by atoms with Gasteiger partial charge >= 0.3 is 5.76 Å². The largest absolute Gasteiger partial charge is 0.419 e. The van der Waals surface area contributed by atoms with Gasteiger partial charge in [0.1, 0.15) is 5.76 Å². The first kappa shape index (κ1) is 10.5. The summed E-state index contributed by atoms with van der Waals surface area (Å²) in [6.45, 7) is 4.18. The van der Waals surface area contributed by atoms with E-state index in [1.54, 1.807) is 11.5 Å². The van der Waals surface area contributed by atoms with Gasteiger partial charge in [0.05, 0.1) is 12.2 Å². The zero-order chi connectivity index (χ0) is 11.7. The number of anilines is 1. The summed E-state index contributed by atoms with van der Waals surface area (Å²) < 4.78 is 6.64. The van der Waals surface area contributed by atoms with Crippen molar-refractivity contribution in [1.29, 1.82) is 0 Å². The van der Waals surface area contributed by atoms with Gasteiger partial charge in [0.15, 0.2) is 0 Å². The molecule has 84 valence electrons. The van der Waals surface area contributed by atoms with Crippen LogP contribution in [-0.4, -0.2) is 4.57 Å². The van der Waals surface area contributed by atoms with Crippen LogP contribution in [0.5, 0.6) is 0 Å². The van der Waals surface area contributed by atoms with Crippen molar-refractivity contribution in [3.63, 3.8) is 0 Å². The van der Waals surface area contributed by atoms with Crippen LogP contribution in [0.2, 0.25) is 0 Å². The lowest BCUT2D eigenvalue weighted by molar-refractivity contribution is 0.466. The fourth-order valence-corrected chi connectivity index (χ4v) is 1.58. The van der Waals surface area contributed by atoms with E-state index < -0.39 is 0 Å². The van der Waals surface area contributed by atoms with Crippen molar-refractivity contribution in [2.45, 2.75) is 20.4 Å². The molecule has 0 aliphatic heterocycles. The molecule has 1 heterocycles. The molecular formula is C12H14N2O2. The SMILES string of the molecule is Cc1oc(=O)n(Cc2ccc(N)cc2)c1C. The first-order chi connectivity index (χ1) is 7.58. The highest BCUT2D eigenvalue weighted by Crippen LogP contribution is 2.10. The molecular weight excluding hydrogens is 204 g/mol. The topological polar surface area (TPSA) is 61.2 Å². The van der Waals surface area contributed by atoms with E-state index in [-0.39, 0.29) is 5.76 Å². The van der Waals surface area contributed by atoms with Crippen LogP contribution in [0.25, 0.3) is 0 Å². The molecule has 4 nitrogen and oxygen atoms in total. The summed E-state index contributed by atoms with van der Waals surface area (Å²) in [6.07, 6.45) is 0. The highest BCUT2D eigenvalue weighted by Gasteiger charge is 2.08. The molecule has 0 aliphatic rings. The molecule has 0 bridgehead atoms. The predicted octanol–water partition coefficient (Wildman–Crippen LogP) is 1.69. The molecule has 0 radical (unpaired) electrons. The van der Waals surface area contributed by atoms with Crippen LogP contribution in [-0.2, 0) is 6.54 Å². The quantitative estimate of drug-likeness (QED) is 0.780. The highest BCUT2D eigenvalue weighted by molar-refractivity contribution is 5.39. The molecule has 0 unspecified atom stereocenters. The molecule has 0 spiro atoms. The third-order valence-electron chi connectivity index (χ3n) is 2.70. The van der Waals surface area contributed by atoms with E-state index in [0.29, 0.717) is 12.3 Å². The van der Waals surface area contributed by atoms with Gasteiger partial charge in [-0.05, 0) is 31.5 Å². The third kappa shape index (κ3) is 1.86. The Morgan fingerprint density at radius 3 is 2.38 bits per heavy atom. The first-order valence-corrected chi connectivity index (χ1v) is 5.09. The van der Waals surface area contributed by atoms with Crippen LogP contribution >= 0.6 is 0 Å². The van der Waals surface area contributed by atoms with E-state index in [0.717, 1.165) is 16.9 Å². The molecule has 16 heavy (non-hydrogen) atoms. The average molecular weight is 218 g/mol. The van der Waals surface area contributed by atoms with Crippen LogP contribution in [0, 0.1) is 13.8 Å². The molecule has 0 saturated carbocycles. The number of nitrogens with two attached hydrogens (primary N) is 1. The minimum Gasteiger partial charge on any atom is -0.413 e. The smallest absolute Gasteiger partial charge is 0.413 e. The predicted molar refractivity (Wildman–Crippen MR) is 62.4 cm³/mol. The zero-order valence-corrected chi connectivity index (χ0v) is 9.36. The molecule has 0 atom stereocenters. The van der Waals surface area contributed by atoms with Gasteiger partial charge in [-0.3, -0.25) is 4.57 Å². The average Bonchev–Trinajstić information content (AvgIpc) is 2.48. The number of aromatic nitrogens is 1. The van der Waals surface area contributed by atoms with Gasteiger partial charge in [-0.1, -0.05) is 12.1 Å². The van der Waals surface area contributed by atoms with Crippen LogP contribution in [0.15, 0.2) is 33.5 Å². The summed E-state index contributed by atoms with van der Waals surface area (Å²) in [7, 11) is 0. The maximum Gasteiger partial charge on any atom is 0.419 e. The van der Waals surface area contributed by atoms with Crippen molar-refractivity contribution < 1.29 is 4.42 Å². The standard InChI is InChI=1S/C12H14N2O2/c1-8-9(2)16-12(15)14(8)7-10-3-5-11(13)6-4-10/h3-6H,7,13H2,1-2H3. The molecule has 0 saturated heterocycles. The summed E-state index contributed by atoms with van der Waals surface area (Å²) in [5.74, 6) is 0.354. The van der Waals surface area contributed by atoms with E-state index in [9.17, 15) is 4.79 Å². The molecule has 2 N–H and O–H groups in total. The van der Waals surface area contributed by atoms with Gasteiger partial charge in [-0.25, -0.2) is 4.79 Å². The maximum atomic E-state index is 11.5. The van der Waals surface area contributed by atoms with Crippen LogP contribution < -0.4 is 11.5 Å². The Morgan fingerprint density at radius 2 is 1.88 bits per heavy atom. The minimum absolute atomic E-state index is 0.313. The van der Waals surface area contributed by atoms with Crippen molar-refractivity contribution in [3.05, 3.63) is 51.8 Å². The monoisotopic (exact) mass is 218 g/mol. The fourth-order valence-electron chi connectivity index (χ4n) is 1.58. The summed E-state index contributed by atoms with van der Waals surface area (Å²) in [4.78, 5) is 11.5. The number of oxazole rings is 1. The van der Waals surface area contributed by atoms with E-state index in [2.05, 4.69) is 0 Å². The van der Waals surface area contributed by atoms with Gasteiger partial charge in [0.25, 0.3) is 0 Å². The van der Waals surface area contributed by atoms with E-state index in [1.807, 2.05) is 31.2 Å². The van der Waals surface area contributed by atoms with Gasteiger partial charge in [-0.2, -0.15) is 0 Å². The lowest BCUT2D eigenvalue weighted by Crippen LogP contribution is -2.16. The van der Waals surface area contributed by atoms with E-state index in [1.165, 1.54) is 0 Å². The molecule has 1 aromatic carbocycles. The second-order valence-electron chi connectivity index (χ2n) is 3.84. The molecule has 0 aliphatic carbocycles. The molecule has 2 aromatic rings. The summed E-state index contributed by atoms with van der Waals surface area (Å²) in [6, 6.07) is 7.46. The fraction of sp³-hybridized carbons (Fsp3) is 0.250. The molecule has 4 heteroatoms. The van der Waals surface area contributed by atoms with Crippen molar-refractivity contribution in [2.24, 2.45) is 0 Å². The molecule has 2 rings (SSSR count). The summed E-state index contributed by atoms with van der Waals surface area (Å²) in [5, 5.41) is 0. The Bertz CT molecular complexity index is 549. The number of aryl methyl sites for hydroxylation is 1. The Balaban J connectivity index is 2.34. The molecule has 1 aromatic heterocycles. The number of rotatable bonds is 2. The summed E-state index contributed by atoms with van der Waals surface area (Å²) in [5.41, 5.74) is 8.21. The normalized spacial score (nSPS) is 10.6. The Kier molecular flexibility index (Phi) is 2.56. The second-order valence-corrected chi connectivity index (χ2v) is 3.84. The number of benzene rings is 1. The third-order valence-corrected chi connectivity index (χ3v) is 2.70. The maximum absolute atomic E-state index is 11.5. The Morgan fingerprint density at radius 1 is 1.25 bits per heavy atom. The van der Waals surface area contributed by atoms with Crippen molar-refractivity contribution in [2.75, 3.05) is 5.73 Å². The highest BCUT2D eigenvalue weighted by atomic mass is 16.4. The lowest BCUT2D eigenvalue weighted by Gasteiger charge is -2.03. The number of nitrogen functional groups attached to an aromatic ring is 1. The lowest BCUT2D eigenvalue weighted by atomic mass is 10.2. The van der Waals surface area contributed by atoms with Gasteiger partial charge in [0, 0.05) is 5.69 Å². The zero-order valence-electron chi connectivity index (χ0n) is 9.36. The van der Waals surface area contributed by atoms with Gasteiger partial charge in [0.2, 0.25) is 0 Å². The Labute approximate surface area is 93.3 Å². The van der Waals surface area contributed by atoms with Crippen LogP contribution in [0.3, 0.4) is 0 Å². The molecule has 0 amide bonds. The molecule has 0 fully saturated rings. The number of hydrogen-bond acceptors (Lipinski definition) is 3. The Hall–Kier alpha value is -1.97. The second kappa shape index (κ2) is 3.89. The van der Waals surface area contributed by atoms with Crippen molar-refractivity contribution in [1.82, 2.24) is 4.57 Å². The van der Waals surface area contributed by atoms with Crippen LogP contribution in [0.1, 0.15) is 17.0 Å². The van der Waals surface area contributed by atoms with E-state index in [4.69, 9.17) is 10.2 Å². The van der Waals surface area contributed by atoms with Gasteiger partial charge in [-0.15, -0.1) is 0 Å². The van der Waals surface area contributed by atoms with Crippen molar-refractivity contribution in [3.8, 4) is 0 Å². The summed E-state index contributed by atoms with van der Waals surface area (Å²) >= 11 is 0. The van der Waals surface area contributed by atoms with Gasteiger partial charge < -0.3 is 10.2 Å². The minimum atomic E-state index is -0.313. The van der Waals surface area contributed by atoms with Crippen LogP contribution in [0.4, 0.5) is 5.69 Å². The number of hydrogen-bond donors (Lipinski definition) is 1. The van der Waals surface area contributed by atoms with Crippen molar-refractivity contribution >= 4 is 5.69 Å². The van der Waals surface area contributed by atoms with E-state index >= 15 is 0 Å². The first-order valence-electron chi connectivity index (χ1n) is 5.09.